The molecule has 6 heteroatoms. The van der Waals surface area contributed by atoms with Gasteiger partial charge in [-0.15, -0.1) is 0 Å². The summed E-state index contributed by atoms with van der Waals surface area (Å²) in [6.07, 6.45) is 0. The molecule has 0 fully saturated rings. The van der Waals surface area contributed by atoms with Crippen molar-refractivity contribution in [3.05, 3.63) is 58.4 Å². The van der Waals surface area contributed by atoms with Gasteiger partial charge in [0.2, 0.25) is 0 Å². The van der Waals surface area contributed by atoms with Crippen LogP contribution in [0, 0.1) is 5.82 Å². The first kappa shape index (κ1) is 17.5. The van der Waals surface area contributed by atoms with Crippen molar-refractivity contribution in [2.24, 2.45) is 0 Å². The number of methoxy groups -OCH3 is 1. The Morgan fingerprint density at radius 3 is 2.65 bits per heavy atom. The Bertz CT molecular complexity index is 652. The lowest BCUT2D eigenvalue weighted by molar-refractivity contribution is 0.279. The largest absolute Gasteiger partial charge is 0.493 e. The first-order valence-corrected chi connectivity index (χ1v) is 7.57. The number of hydrogen-bond acceptors (Lipinski definition) is 4. The van der Waals surface area contributed by atoms with E-state index < -0.39 is 0 Å². The van der Waals surface area contributed by atoms with E-state index in [1.165, 1.54) is 13.2 Å². The van der Waals surface area contributed by atoms with Crippen molar-refractivity contribution < 1.29 is 19.0 Å². The molecule has 2 rings (SSSR count). The molecule has 2 N–H and O–H groups in total. The number of aliphatic hydroxyl groups is 1. The summed E-state index contributed by atoms with van der Waals surface area (Å²) in [7, 11) is 1.53. The molecule has 0 unspecified atom stereocenters. The normalized spacial score (nSPS) is 10.6. The molecule has 0 bridgehead atoms. The second-order valence-corrected chi connectivity index (χ2v) is 5.28. The maximum absolute atomic E-state index is 13.6. The van der Waals surface area contributed by atoms with Crippen LogP contribution in [-0.2, 0) is 13.2 Å². The van der Waals surface area contributed by atoms with Crippen LogP contribution in [-0.4, -0.2) is 25.4 Å². The lowest BCUT2D eigenvalue weighted by Gasteiger charge is -2.14. The Labute approximate surface area is 139 Å². The summed E-state index contributed by atoms with van der Waals surface area (Å²) < 4.78 is 24.6. The molecule has 0 saturated carbocycles. The molecule has 0 heterocycles. The number of nitrogens with one attached hydrogen (secondary N) is 1. The first-order chi connectivity index (χ1) is 11.2. The molecule has 4 nitrogen and oxygen atoms in total. The second-order valence-electron chi connectivity index (χ2n) is 4.87. The molecular weight excluding hydrogens is 321 g/mol. The van der Waals surface area contributed by atoms with Crippen LogP contribution >= 0.6 is 11.6 Å². The molecule has 0 radical (unpaired) electrons. The van der Waals surface area contributed by atoms with Crippen molar-refractivity contribution in [1.29, 1.82) is 0 Å². The summed E-state index contributed by atoms with van der Waals surface area (Å²) in [5.74, 6) is 0.653. The minimum Gasteiger partial charge on any atom is -0.493 e. The first-order valence-electron chi connectivity index (χ1n) is 7.20. The molecule has 124 valence electrons. The Morgan fingerprint density at radius 1 is 1.17 bits per heavy atom. The van der Waals surface area contributed by atoms with Gasteiger partial charge in [-0.2, -0.15) is 0 Å². The Balaban J connectivity index is 2.12. The maximum atomic E-state index is 13.6. The van der Waals surface area contributed by atoms with E-state index in [0.717, 1.165) is 5.56 Å². The van der Waals surface area contributed by atoms with Gasteiger partial charge in [0.25, 0.3) is 0 Å². The predicted molar refractivity (Wildman–Crippen MR) is 87.5 cm³/mol. The number of halogens is 2. The van der Waals surface area contributed by atoms with E-state index in [-0.39, 0.29) is 19.0 Å². The standard InChI is InChI=1S/C17H19ClFNO3/c1-22-16-8-13(10-20-6-7-21)14(18)9-17(16)23-11-12-4-2-3-5-15(12)19/h2-5,8-9,20-21H,6-7,10-11H2,1H3. The molecule has 0 amide bonds. The smallest absolute Gasteiger partial charge is 0.163 e. The zero-order chi connectivity index (χ0) is 16.7. The molecule has 0 aliphatic rings. The molecule has 0 spiro atoms. The van der Waals surface area contributed by atoms with E-state index in [4.69, 9.17) is 26.2 Å². The van der Waals surface area contributed by atoms with Crippen LogP contribution in [0.3, 0.4) is 0 Å². The van der Waals surface area contributed by atoms with Gasteiger partial charge in [-0.25, -0.2) is 4.39 Å². The fourth-order valence-electron chi connectivity index (χ4n) is 2.06. The molecule has 0 aliphatic heterocycles. The zero-order valence-corrected chi connectivity index (χ0v) is 13.6. The summed E-state index contributed by atoms with van der Waals surface area (Å²) in [4.78, 5) is 0. The topological polar surface area (TPSA) is 50.7 Å². The third-order valence-electron chi connectivity index (χ3n) is 3.28. The molecular formula is C17H19ClFNO3. The van der Waals surface area contributed by atoms with Gasteiger partial charge < -0.3 is 19.9 Å². The van der Waals surface area contributed by atoms with Crippen LogP contribution in [0.4, 0.5) is 4.39 Å². The molecule has 0 aromatic heterocycles. The summed E-state index contributed by atoms with van der Waals surface area (Å²) in [5.41, 5.74) is 1.29. The monoisotopic (exact) mass is 339 g/mol. The van der Waals surface area contributed by atoms with Crippen molar-refractivity contribution in [1.82, 2.24) is 5.32 Å². The van der Waals surface area contributed by atoms with Crippen molar-refractivity contribution in [2.45, 2.75) is 13.2 Å². The fourth-order valence-corrected chi connectivity index (χ4v) is 2.28. The average molecular weight is 340 g/mol. The van der Waals surface area contributed by atoms with Gasteiger partial charge >= 0.3 is 0 Å². The van der Waals surface area contributed by atoms with Crippen LogP contribution < -0.4 is 14.8 Å². The number of aliphatic hydroxyl groups excluding tert-OH is 1. The van der Waals surface area contributed by atoms with Crippen molar-refractivity contribution in [3.8, 4) is 11.5 Å². The van der Waals surface area contributed by atoms with Crippen LogP contribution in [0.5, 0.6) is 11.5 Å². The highest BCUT2D eigenvalue weighted by Crippen LogP contribution is 2.34. The number of rotatable bonds is 8. The van der Waals surface area contributed by atoms with Gasteiger partial charge in [0, 0.05) is 29.7 Å². The van der Waals surface area contributed by atoms with E-state index in [2.05, 4.69) is 5.32 Å². The third-order valence-corrected chi connectivity index (χ3v) is 3.63. The quantitative estimate of drug-likeness (QED) is 0.725. The van der Waals surface area contributed by atoms with Crippen LogP contribution in [0.2, 0.25) is 5.02 Å². The van der Waals surface area contributed by atoms with E-state index in [1.54, 1.807) is 30.3 Å². The lowest BCUT2D eigenvalue weighted by atomic mass is 10.2. The van der Waals surface area contributed by atoms with Crippen molar-refractivity contribution >= 4 is 11.6 Å². The van der Waals surface area contributed by atoms with Gasteiger partial charge in [0.05, 0.1) is 13.7 Å². The Kier molecular flexibility index (Phi) is 6.65. The minimum absolute atomic E-state index is 0.0542. The maximum Gasteiger partial charge on any atom is 0.163 e. The van der Waals surface area contributed by atoms with E-state index in [0.29, 0.717) is 35.2 Å². The number of hydrogen-bond donors (Lipinski definition) is 2. The second kappa shape index (κ2) is 8.72. The van der Waals surface area contributed by atoms with Crippen molar-refractivity contribution in [3.63, 3.8) is 0 Å². The molecule has 2 aromatic carbocycles. The Morgan fingerprint density at radius 2 is 1.96 bits per heavy atom. The Hall–Kier alpha value is -1.82. The van der Waals surface area contributed by atoms with E-state index >= 15 is 0 Å². The summed E-state index contributed by atoms with van der Waals surface area (Å²) in [6.45, 7) is 1.12. The summed E-state index contributed by atoms with van der Waals surface area (Å²) in [6, 6.07) is 9.85. The van der Waals surface area contributed by atoms with Gasteiger partial charge in [-0.05, 0) is 17.7 Å². The fraction of sp³-hybridized carbons (Fsp3) is 0.294. The molecule has 23 heavy (non-hydrogen) atoms. The highest BCUT2D eigenvalue weighted by Gasteiger charge is 2.11. The number of ether oxygens (including phenoxy) is 2. The number of benzene rings is 2. The molecule has 0 atom stereocenters. The van der Waals surface area contributed by atoms with Crippen LogP contribution in [0.25, 0.3) is 0 Å². The molecule has 2 aromatic rings. The van der Waals surface area contributed by atoms with Gasteiger partial charge in [-0.3, -0.25) is 0 Å². The third kappa shape index (κ3) is 4.82. The van der Waals surface area contributed by atoms with Gasteiger partial charge in [-0.1, -0.05) is 29.8 Å². The highest BCUT2D eigenvalue weighted by atomic mass is 35.5. The van der Waals surface area contributed by atoms with E-state index in [9.17, 15) is 4.39 Å². The lowest BCUT2D eigenvalue weighted by Crippen LogP contribution is -2.17. The predicted octanol–water partition coefficient (Wildman–Crippen LogP) is 3.15. The van der Waals surface area contributed by atoms with Gasteiger partial charge in [0.15, 0.2) is 11.5 Å². The summed E-state index contributed by atoms with van der Waals surface area (Å²) in [5, 5.41) is 12.3. The average Bonchev–Trinajstić information content (AvgIpc) is 2.56. The van der Waals surface area contributed by atoms with Crippen molar-refractivity contribution in [2.75, 3.05) is 20.3 Å². The van der Waals surface area contributed by atoms with E-state index in [1.807, 2.05) is 0 Å². The molecule has 0 saturated heterocycles. The SMILES string of the molecule is COc1cc(CNCCO)c(Cl)cc1OCc1ccccc1F. The highest BCUT2D eigenvalue weighted by molar-refractivity contribution is 6.31. The van der Waals surface area contributed by atoms with Crippen LogP contribution in [0.15, 0.2) is 36.4 Å². The molecule has 0 aliphatic carbocycles. The summed E-state index contributed by atoms with van der Waals surface area (Å²) >= 11 is 6.24. The zero-order valence-electron chi connectivity index (χ0n) is 12.8. The van der Waals surface area contributed by atoms with Gasteiger partial charge in [0.1, 0.15) is 12.4 Å². The van der Waals surface area contributed by atoms with Crippen LogP contribution in [0.1, 0.15) is 11.1 Å². The minimum atomic E-state index is -0.317.